The number of ether oxygens (including phenoxy) is 1. The van der Waals surface area contributed by atoms with Crippen molar-refractivity contribution in [3.8, 4) is 0 Å². The van der Waals surface area contributed by atoms with Crippen LogP contribution in [0.15, 0.2) is 23.3 Å². The smallest absolute Gasteiger partial charge is 0.257 e. The van der Waals surface area contributed by atoms with Crippen molar-refractivity contribution >= 4 is 11.9 Å². The van der Waals surface area contributed by atoms with Gasteiger partial charge in [-0.15, -0.1) is 0 Å². The van der Waals surface area contributed by atoms with Crippen LogP contribution >= 0.6 is 0 Å². The number of rotatable bonds is 3. The van der Waals surface area contributed by atoms with E-state index in [1.807, 2.05) is 14.1 Å². The van der Waals surface area contributed by atoms with Gasteiger partial charge in [0.15, 0.2) is 0 Å². The maximum absolute atomic E-state index is 12.7. The van der Waals surface area contributed by atoms with Crippen molar-refractivity contribution in [2.45, 2.75) is 13.0 Å². The SMILES string of the molecule is Cc1nc([C@@H]2CN(C(=O)c3cnc(N(C)C)nc3)CCO2)cc(=O)[nH]1. The molecule has 9 nitrogen and oxygen atoms in total. The van der Waals surface area contributed by atoms with Crippen LogP contribution in [0.25, 0.3) is 0 Å². The van der Waals surface area contributed by atoms with Gasteiger partial charge in [0, 0.05) is 39.1 Å². The summed E-state index contributed by atoms with van der Waals surface area (Å²) >= 11 is 0. The summed E-state index contributed by atoms with van der Waals surface area (Å²) in [4.78, 5) is 43.0. The van der Waals surface area contributed by atoms with Crippen LogP contribution in [0.2, 0.25) is 0 Å². The predicted molar refractivity (Wildman–Crippen MR) is 90.6 cm³/mol. The second kappa shape index (κ2) is 6.98. The van der Waals surface area contributed by atoms with Gasteiger partial charge in [0.2, 0.25) is 5.95 Å². The number of hydrogen-bond acceptors (Lipinski definition) is 7. The van der Waals surface area contributed by atoms with Gasteiger partial charge in [0.1, 0.15) is 11.9 Å². The zero-order valence-electron chi connectivity index (χ0n) is 14.4. The van der Waals surface area contributed by atoms with Gasteiger partial charge in [0.25, 0.3) is 11.5 Å². The lowest BCUT2D eigenvalue weighted by Crippen LogP contribution is -2.42. The van der Waals surface area contributed by atoms with Gasteiger partial charge >= 0.3 is 0 Å². The second-order valence-corrected chi connectivity index (χ2v) is 6.03. The predicted octanol–water partition coefficient (Wildman–Crippen LogP) is 0.148. The Hall–Kier alpha value is -2.81. The Bertz CT molecular complexity index is 817. The van der Waals surface area contributed by atoms with E-state index in [0.29, 0.717) is 42.7 Å². The third-order valence-electron chi connectivity index (χ3n) is 3.85. The van der Waals surface area contributed by atoms with E-state index in [1.165, 1.54) is 18.5 Å². The lowest BCUT2D eigenvalue weighted by atomic mass is 10.1. The number of morpholine rings is 1. The van der Waals surface area contributed by atoms with E-state index in [0.717, 1.165) is 0 Å². The number of nitrogens with zero attached hydrogens (tertiary/aromatic N) is 5. The fourth-order valence-electron chi connectivity index (χ4n) is 2.63. The standard InChI is InChI=1S/C16H20N6O3/c1-10-19-12(6-14(23)20-10)13-9-22(4-5-25-13)15(24)11-7-17-16(18-8-11)21(2)3/h6-8,13H,4-5,9H2,1-3H3,(H,19,20,23)/t13-/m0/s1. The Morgan fingerprint density at radius 2 is 2.08 bits per heavy atom. The summed E-state index contributed by atoms with van der Waals surface area (Å²) in [5, 5.41) is 0. The third kappa shape index (κ3) is 3.82. The summed E-state index contributed by atoms with van der Waals surface area (Å²) in [5.41, 5.74) is 0.710. The normalized spacial score (nSPS) is 17.4. The number of anilines is 1. The Labute approximate surface area is 144 Å². The van der Waals surface area contributed by atoms with Crippen molar-refractivity contribution in [3.05, 3.63) is 45.9 Å². The summed E-state index contributed by atoms with van der Waals surface area (Å²) in [6.07, 6.45) is 2.61. The van der Waals surface area contributed by atoms with E-state index in [1.54, 1.807) is 16.7 Å². The molecule has 2 aromatic rings. The maximum atomic E-state index is 12.7. The fourth-order valence-corrected chi connectivity index (χ4v) is 2.63. The summed E-state index contributed by atoms with van der Waals surface area (Å²) in [6, 6.07) is 1.40. The lowest BCUT2D eigenvalue weighted by molar-refractivity contribution is -0.0249. The molecule has 1 amide bonds. The van der Waals surface area contributed by atoms with E-state index in [9.17, 15) is 9.59 Å². The maximum Gasteiger partial charge on any atom is 0.257 e. The van der Waals surface area contributed by atoms with Crippen LogP contribution in [0, 0.1) is 6.92 Å². The van der Waals surface area contributed by atoms with E-state index < -0.39 is 6.10 Å². The minimum Gasteiger partial charge on any atom is -0.368 e. The molecule has 1 aliphatic heterocycles. The Morgan fingerprint density at radius 1 is 1.36 bits per heavy atom. The fraction of sp³-hybridized carbons (Fsp3) is 0.438. The molecule has 0 aromatic carbocycles. The molecule has 0 spiro atoms. The molecule has 0 unspecified atom stereocenters. The second-order valence-electron chi connectivity index (χ2n) is 6.03. The average molecular weight is 344 g/mol. The molecule has 1 fully saturated rings. The minimum absolute atomic E-state index is 0.167. The first-order chi connectivity index (χ1) is 11.9. The molecular formula is C16H20N6O3. The van der Waals surface area contributed by atoms with Gasteiger partial charge in [-0.25, -0.2) is 15.0 Å². The van der Waals surface area contributed by atoms with Crippen molar-refractivity contribution in [2.24, 2.45) is 0 Å². The molecule has 0 radical (unpaired) electrons. The number of nitrogens with one attached hydrogen (secondary N) is 1. The van der Waals surface area contributed by atoms with Crippen LogP contribution in [0.1, 0.15) is 28.0 Å². The number of carbonyl (C=O) groups excluding carboxylic acids is 1. The average Bonchev–Trinajstić information content (AvgIpc) is 2.60. The van der Waals surface area contributed by atoms with Crippen LogP contribution in [0.3, 0.4) is 0 Å². The number of aryl methyl sites for hydroxylation is 1. The monoisotopic (exact) mass is 344 g/mol. The van der Waals surface area contributed by atoms with Gasteiger partial charge < -0.3 is 19.5 Å². The highest BCUT2D eigenvalue weighted by molar-refractivity contribution is 5.93. The van der Waals surface area contributed by atoms with Crippen molar-refractivity contribution < 1.29 is 9.53 Å². The number of aromatic amines is 1. The first-order valence-electron chi connectivity index (χ1n) is 7.92. The van der Waals surface area contributed by atoms with Crippen LogP contribution < -0.4 is 10.5 Å². The first kappa shape index (κ1) is 17.0. The van der Waals surface area contributed by atoms with E-state index >= 15 is 0 Å². The summed E-state index contributed by atoms with van der Waals surface area (Å²) < 4.78 is 5.69. The quantitative estimate of drug-likeness (QED) is 0.845. The molecule has 1 atom stereocenters. The van der Waals surface area contributed by atoms with Crippen molar-refractivity contribution in [2.75, 3.05) is 38.7 Å². The zero-order valence-corrected chi connectivity index (χ0v) is 14.4. The molecule has 25 heavy (non-hydrogen) atoms. The van der Waals surface area contributed by atoms with Crippen molar-refractivity contribution in [1.82, 2.24) is 24.8 Å². The van der Waals surface area contributed by atoms with E-state index in [4.69, 9.17) is 4.74 Å². The molecule has 3 heterocycles. The molecule has 3 rings (SSSR count). The molecule has 0 saturated carbocycles. The number of hydrogen-bond donors (Lipinski definition) is 1. The van der Waals surface area contributed by atoms with Crippen LogP contribution in [-0.4, -0.2) is 64.5 Å². The van der Waals surface area contributed by atoms with Gasteiger partial charge in [0.05, 0.1) is 24.4 Å². The molecule has 132 valence electrons. The molecule has 1 aliphatic rings. The summed E-state index contributed by atoms with van der Waals surface area (Å²) in [7, 11) is 3.67. The van der Waals surface area contributed by atoms with Crippen molar-refractivity contribution in [1.29, 1.82) is 0 Å². The van der Waals surface area contributed by atoms with Crippen LogP contribution in [0.4, 0.5) is 5.95 Å². The zero-order chi connectivity index (χ0) is 18.0. The molecule has 0 bridgehead atoms. The number of carbonyl (C=O) groups is 1. The van der Waals surface area contributed by atoms with Crippen molar-refractivity contribution in [3.63, 3.8) is 0 Å². The molecule has 1 N–H and O–H groups in total. The van der Waals surface area contributed by atoms with Crippen LogP contribution in [-0.2, 0) is 4.74 Å². The highest BCUT2D eigenvalue weighted by Gasteiger charge is 2.27. The summed E-state index contributed by atoms with van der Waals surface area (Å²) in [5.74, 6) is 0.891. The minimum atomic E-state index is -0.430. The van der Waals surface area contributed by atoms with Gasteiger partial charge in [-0.3, -0.25) is 9.59 Å². The van der Waals surface area contributed by atoms with Gasteiger partial charge in [-0.1, -0.05) is 0 Å². The number of aromatic nitrogens is 4. The highest BCUT2D eigenvalue weighted by atomic mass is 16.5. The summed E-state index contributed by atoms with van der Waals surface area (Å²) in [6.45, 7) is 2.87. The molecule has 2 aromatic heterocycles. The van der Waals surface area contributed by atoms with E-state index in [-0.39, 0.29) is 11.5 Å². The lowest BCUT2D eigenvalue weighted by Gasteiger charge is -2.32. The first-order valence-corrected chi connectivity index (χ1v) is 7.92. The Morgan fingerprint density at radius 3 is 2.72 bits per heavy atom. The number of H-pyrrole nitrogens is 1. The van der Waals surface area contributed by atoms with Crippen LogP contribution in [0.5, 0.6) is 0 Å². The van der Waals surface area contributed by atoms with E-state index in [2.05, 4.69) is 19.9 Å². The molecule has 9 heteroatoms. The van der Waals surface area contributed by atoms with Gasteiger partial charge in [-0.05, 0) is 6.92 Å². The third-order valence-corrected chi connectivity index (χ3v) is 3.85. The molecule has 1 saturated heterocycles. The highest BCUT2D eigenvalue weighted by Crippen LogP contribution is 2.21. The van der Waals surface area contributed by atoms with Gasteiger partial charge in [-0.2, -0.15) is 0 Å². The Balaban J connectivity index is 1.76. The Kier molecular flexibility index (Phi) is 4.75. The molecule has 0 aliphatic carbocycles. The molecular weight excluding hydrogens is 324 g/mol. The number of amides is 1. The largest absolute Gasteiger partial charge is 0.368 e. The topological polar surface area (TPSA) is 104 Å².